The van der Waals surface area contributed by atoms with Gasteiger partial charge < -0.3 is 9.47 Å². The Labute approximate surface area is 228 Å². The van der Waals surface area contributed by atoms with Crippen LogP contribution >= 0.6 is 63.7 Å². The molecular formula is C24H14Br4O6. The van der Waals surface area contributed by atoms with Crippen LogP contribution in [0, 0.1) is 0 Å². The first-order valence-electron chi connectivity index (χ1n) is 9.56. The summed E-state index contributed by atoms with van der Waals surface area (Å²) >= 11 is 13.1. The SMILES string of the molecule is O=C(COC(=O)c1cc(Br)c(C(=O)OCC(=O)c2ccc(Br)cc2)cc1Br)c1ccc(Br)cc1. The maximum atomic E-state index is 12.5. The molecule has 0 atom stereocenters. The summed E-state index contributed by atoms with van der Waals surface area (Å²) in [7, 11) is 0. The zero-order chi connectivity index (χ0) is 24.8. The predicted molar refractivity (Wildman–Crippen MR) is 139 cm³/mol. The van der Waals surface area contributed by atoms with Crippen LogP contribution in [0.5, 0.6) is 0 Å². The summed E-state index contributed by atoms with van der Waals surface area (Å²) in [5, 5.41) is 0. The summed E-state index contributed by atoms with van der Waals surface area (Å²) in [5.41, 5.74) is 1.04. The van der Waals surface area contributed by atoms with Crippen molar-refractivity contribution in [1.82, 2.24) is 0 Å². The molecule has 6 nitrogen and oxygen atoms in total. The Hall–Kier alpha value is -2.14. The molecule has 0 heterocycles. The summed E-state index contributed by atoms with van der Waals surface area (Å²) in [6.07, 6.45) is 0. The number of carbonyl (C=O) groups is 4. The molecule has 0 N–H and O–H groups in total. The zero-order valence-corrected chi connectivity index (χ0v) is 23.5. The average Bonchev–Trinajstić information content (AvgIpc) is 2.82. The van der Waals surface area contributed by atoms with E-state index in [0.29, 0.717) is 11.1 Å². The molecule has 0 saturated carbocycles. The summed E-state index contributed by atoms with van der Waals surface area (Å²) < 4.78 is 12.4. The minimum atomic E-state index is -0.747. The first kappa shape index (κ1) is 26.5. The maximum absolute atomic E-state index is 12.5. The Morgan fingerprint density at radius 3 is 1.21 bits per heavy atom. The van der Waals surface area contributed by atoms with Crippen molar-refractivity contribution in [2.24, 2.45) is 0 Å². The largest absolute Gasteiger partial charge is 0.454 e. The second kappa shape index (κ2) is 12.0. The number of ketones is 2. The van der Waals surface area contributed by atoms with E-state index in [-0.39, 0.29) is 31.6 Å². The number of benzene rings is 3. The molecule has 3 aromatic carbocycles. The molecule has 0 fully saturated rings. The van der Waals surface area contributed by atoms with E-state index in [1.54, 1.807) is 48.5 Å². The molecule has 34 heavy (non-hydrogen) atoms. The molecular weight excluding hydrogens is 704 g/mol. The van der Waals surface area contributed by atoms with Gasteiger partial charge in [-0.1, -0.05) is 56.1 Å². The zero-order valence-electron chi connectivity index (χ0n) is 17.1. The third-order valence-corrected chi connectivity index (χ3v) is 6.87. The monoisotopic (exact) mass is 714 g/mol. The minimum absolute atomic E-state index is 0.109. The fraction of sp³-hybridized carbons (Fsp3) is 0.0833. The molecule has 174 valence electrons. The highest BCUT2D eigenvalue weighted by molar-refractivity contribution is 9.11. The van der Waals surface area contributed by atoms with Crippen LogP contribution < -0.4 is 0 Å². The van der Waals surface area contributed by atoms with Gasteiger partial charge in [-0.2, -0.15) is 0 Å². The van der Waals surface area contributed by atoms with Gasteiger partial charge in [0.05, 0.1) is 11.1 Å². The summed E-state index contributed by atoms with van der Waals surface area (Å²) in [6.45, 7) is -0.876. The average molecular weight is 718 g/mol. The van der Waals surface area contributed by atoms with Crippen molar-refractivity contribution in [3.05, 3.63) is 101 Å². The van der Waals surface area contributed by atoms with Gasteiger partial charge in [-0.15, -0.1) is 0 Å². The molecule has 0 bridgehead atoms. The molecule has 0 aliphatic carbocycles. The third kappa shape index (κ3) is 6.94. The van der Waals surface area contributed by atoms with Crippen molar-refractivity contribution in [2.45, 2.75) is 0 Å². The summed E-state index contributed by atoms with van der Waals surface area (Å²) in [5.74, 6) is -2.20. The molecule has 0 spiro atoms. The fourth-order valence-corrected chi connectivity index (χ4v) is 4.25. The van der Waals surface area contributed by atoms with E-state index in [4.69, 9.17) is 9.47 Å². The van der Waals surface area contributed by atoms with Crippen molar-refractivity contribution in [1.29, 1.82) is 0 Å². The highest BCUT2D eigenvalue weighted by atomic mass is 79.9. The summed E-state index contributed by atoms with van der Waals surface area (Å²) in [6, 6.07) is 16.1. The minimum Gasteiger partial charge on any atom is -0.454 e. The molecule has 0 unspecified atom stereocenters. The Morgan fingerprint density at radius 2 is 0.882 bits per heavy atom. The van der Waals surface area contributed by atoms with Crippen LogP contribution in [0.25, 0.3) is 0 Å². The molecule has 0 amide bonds. The van der Waals surface area contributed by atoms with E-state index < -0.39 is 25.2 Å². The van der Waals surface area contributed by atoms with Crippen LogP contribution in [0.4, 0.5) is 0 Å². The molecule has 3 aromatic rings. The second-order valence-corrected chi connectivity index (χ2v) is 10.4. The molecule has 10 heteroatoms. The van der Waals surface area contributed by atoms with Crippen LogP contribution in [-0.2, 0) is 9.47 Å². The second-order valence-electron chi connectivity index (χ2n) is 6.82. The molecule has 0 aromatic heterocycles. The lowest BCUT2D eigenvalue weighted by Crippen LogP contribution is -2.16. The molecule has 0 radical (unpaired) electrons. The van der Waals surface area contributed by atoms with Crippen LogP contribution in [0.15, 0.2) is 78.6 Å². The van der Waals surface area contributed by atoms with E-state index in [2.05, 4.69) is 63.7 Å². The highest BCUT2D eigenvalue weighted by Crippen LogP contribution is 2.27. The number of ether oxygens (including phenoxy) is 2. The Bertz CT molecular complexity index is 1150. The standard InChI is InChI=1S/C24H14Br4O6/c25-15-5-1-13(2-6-15)21(29)11-33-23(31)17-9-20(28)18(10-19(17)27)24(32)34-12-22(30)14-3-7-16(26)8-4-14/h1-10H,11-12H2. The van der Waals surface area contributed by atoms with Gasteiger partial charge in [-0.05, 0) is 68.3 Å². The van der Waals surface area contributed by atoms with E-state index in [9.17, 15) is 19.2 Å². The van der Waals surface area contributed by atoms with Gasteiger partial charge in [0.1, 0.15) is 0 Å². The number of carbonyl (C=O) groups excluding carboxylic acids is 4. The molecule has 0 aliphatic heterocycles. The van der Waals surface area contributed by atoms with Gasteiger partial charge in [-0.3, -0.25) is 9.59 Å². The molecule has 3 rings (SSSR count). The van der Waals surface area contributed by atoms with Crippen LogP contribution in [0.1, 0.15) is 41.4 Å². The first-order chi connectivity index (χ1) is 16.2. The van der Waals surface area contributed by atoms with Gasteiger partial charge in [0.2, 0.25) is 0 Å². The van der Waals surface area contributed by atoms with Crippen molar-refractivity contribution < 1.29 is 28.7 Å². The Kier molecular flexibility index (Phi) is 9.35. The normalized spacial score (nSPS) is 10.5. The van der Waals surface area contributed by atoms with Crippen molar-refractivity contribution in [3.8, 4) is 0 Å². The number of rotatable bonds is 8. The number of Topliss-reactive ketones (excluding diaryl/α,β-unsaturated/α-hetero) is 2. The van der Waals surface area contributed by atoms with E-state index in [0.717, 1.165) is 8.95 Å². The van der Waals surface area contributed by atoms with E-state index >= 15 is 0 Å². The van der Waals surface area contributed by atoms with Crippen molar-refractivity contribution in [3.63, 3.8) is 0 Å². The maximum Gasteiger partial charge on any atom is 0.339 e. The lowest BCUT2D eigenvalue weighted by Gasteiger charge is -2.10. The first-order valence-corrected chi connectivity index (χ1v) is 12.7. The number of hydrogen-bond donors (Lipinski definition) is 0. The number of hydrogen-bond acceptors (Lipinski definition) is 6. The number of halogens is 4. The highest BCUT2D eigenvalue weighted by Gasteiger charge is 2.21. The number of esters is 2. The third-order valence-electron chi connectivity index (χ3n) is 4.50. The van der Waals surface area contributed by atoms with Gasteiger partial charge in [0, 0.05) is 29.0 Å². The topological polar surface area (TPSA) is 86.7 Å². The van der Waals surface area contributed by atoms with Gasteiger partial charge in [-0.25, -0.2) is 9.59 Å². The Balaban J connectivity index is 1.62. The van der Waals surface area contributed by atoms with Gasteiger partial charge in [0.25, 0.3) is 0 Å². The Morgan fingerprint density at radius 1 is 0.559 bits per heavy atom. The quantitative estimate of drug-likeness (QED) is 0.188. The predicted octanol–water partition coefficient (Wildman–Crippen LogP) is 6.82. The smallest absolute Gasteiger partial charge is 0.339 e. The molecule has 0 saturated heterocycles. The van der Waals surface area contributed by atoms with Crippen LogP contribution in [0.3, 0.4) is 0 Å². The lowest BCUT2D eigenvalue weighted by atomic mass is 10.1. The summed E-state index contributed by atoms with van der Waals surface area (Å²) in [4.78, 5) is 49.4. The molecule has 0 aliphatic rings. The van der Waals surface area contributed by atoms with Gasteiger partial charge >= 0.3 is 11.9 Å². The lowest BCUT2D eigenvalue weighted by molar-refractivity contribution is 0.0466. The fourth-order valence-electron chi connectivity index (χ4n) is 2.72. The van der Waals surface area contributed by atoms with Crippen molar-refractivity contribution >= 4 is 87.2 Å². The van der Waals surface area contributed by atoms with Crippen LogP contribution in [-0.4, -0.2) is 36.7 Å². The van der Waals surface area contributed by atoms with Gasteiger partial charge in [0.15, 0.2) is 24.8 Å². The van der Waals surface area contributed by atoms with Crippen molar-refractivity contribution in [2.75, 3.05) is 13.2 Å². The van der Waals surface area contributed by atoms with E-state index in [1.807, 2.05) is 0 Å². The van der Waals surface area contributed by atoms with Crippen LogP contribution in [0.2, 0.25) is 0 Å². The van der Waals surface area contributed by atoms with E-state index in [1.165, 1.54) is 12.1 Å².